The van der Waals surface area contributed by atoms with Gasteiger partial charge in [0.15, 0.2) is 0 Å². The number of aromatic hydroxyl groups is 1. The third-order valence-corrected chi connectivity index (χ3v) is 3.20. The molecular weight excluding hydrogens is 302 g/mol. The first-order chi connectivity index (χ1) is 8.32. The van der Waals surface area contributed by atoms with E-state index in [-0.39, 0.29) is 11.3 Å². The van der Waals surface area contributed by atoms with Crippen LogP contribution in [0.4, 0.5) is 0 Å². The van der Waals surface area contributed by atoms with Gasteiger partial charge < -0.3 is 15.5 Å². The van der Waals surface area contributed by atoms with Crippen LogP contribution in [0.3, 0.4) is 0 Å². The second-order valence-corrected chi connectivity index (χ2v) is 4.97. The molecule has 0 radical (unpaired) electrons. The predicted octanol–water partition coefficient (Wildman–Crippen LogP) is 1.99. The van der Waals surface area contributed by atoms with Crippen molar-refractivity contribution in [3.8, 4) is 5.75 Å². The number of phenolic OH excluding ortho intramolecular Hbond substituents is 1. The highest BCUT2D eigenvalue weighted by atomic mass is 79.9. The molecule has 0 aliphatic heterocycles. The van der Waals surface area contributed by atoms with Crippen molar-refractivity contribution in [1.29, 1.82) is 0 Å². The molecule has 2 atom stereocenters. The molecule has 0 spiro atoms. The van der Waals surface area contributed by atoms with Gasteiger partial charge >= 0.3 is 5.97 Å². The zero-order valence-corrected chi connectivity index (χ0v) is 11.6. The fourth-order valence-electron chi connectivity index (χ4n) is 1.32. The number of halogens is 1. The number of hydrogen-bond donors (Lipinski definition) is 3. The highest BCUT2D eigenvalue weighted by molar-refractivity contribution is 9.10. The van der Waals surface area contributed by atoms with Crippen molar-refractivity contribution in [3.63, 3.8) is 0 Å². The number of nitrogens with one attached hydrogen (secondary N) is 1. The van der Waals surface area contributed by atoms with E-state index in [4.69, 9.17) is 5.11 Å². The lowest BCUT2D eigenvalue weighted by atomic mass is 10.0. The number of amides is 1. The Morgan fingerprint density at radius 1 is 1.33 bits per heavy atom. The van der Waals surface area contributed by atoms with Crippen LogP contribution in [0.25, 0.3) is 0 Å². The Labute approximate surface area is 113 Å². The lowest BCUT2D eigenvalue weighted by molar-refractivity contribution is -0.141. The van der Waals surface area contributed by atoms with Crippen LogP contribution in [0.5, 0.6) is 5.75 Å². The lowest BCUT2D eigenvalue weighted by Crippen LogP contribution is -2.40. The average molecular weight is 316 g/mol. The number of rotatable bonds is 4. The van der Waals surface area contributed by atoms with Gasteiger partial charge in [0.1, 0.15) is 5.75 Å². The Kier molecular flexibility index (Phi) is 4.72. The van der Waals surface area contributed by atoms with E-state index < -0.39 is 23.8 Å². The molecule has 0 saturated carbocycles. The molecule has 0 saturated heterocycles. The molecule has 2 unspecified atom stereocenters. The predicted molar refractivity (Wildman–Crippen MR) is 69.5 cm³/mol. The summed E-state index contributed by atoms with van der Waals surface area (Å²) in [5, 5.41) is 21.0. The van der Waals surface area contributed by atoms with Gasteiger partial charge in [0.2, 0.25) is 0 Å². The highest BCUT2D eigenvalue weighted by Crippen LogP contribution is 2.22. The number of benzene rings is 1. The maximum absolute atomic E-state index is 11.8. The van der Waals surface area contributed by atoms with Crippen molar-refractivity contribution in [1.82, 2.24) is 5.32 Å². The number of carboxylic acids is 1. The van der Waals surface area contributed by atoms with Crippen LogP contribution in [0.1, 0.15) is 24.2 Å². The van der Waals surface area contributed by atoms with Gasteiger partial charge in [0, 0.05) is 10.5 Å². The monoisotopic (exact) mass is 315 g/mol. The molecule has 1 amide bonds. The van der Waals surface area contributed by atoms with Crippen molar-refractivity contribution < 1.29 is 19.8 Å². The molecule has 0 bridgehead atoms. The Morgan fingerprint density at radius 2 is 1.94 bits per heavy atom. The molecule has 1 aromatic rings. The maximum atomic E-state index is 11.8. The zero-order valence-electron chi connectivity index (χ0n) is 9.98. The molecule has 0 heterocycles. The van der Waals surface area contributed by atoms with E-state index in [0.717, 1.165) is 0 Å². The van der Waals surface area contributed by atoms with E-state index in [1.54, 1.807) is 13.0 Å². The van der Waals surface area contributed by atoms with E-state index in [1.807, 2.05) is 0 Å². The summed E-state index contributed by atoms with van der Waals surface area (Å²) in [7, 11) is 0. The maximum Gasteiger partial charge on any atom is 0.308 e. The molecule has 6 heteroatoms. The van der Waals surface area contributed by atoms with Gasteiger partial charge in [-0.25, -0.2) is 0 Å². The molecule has 1 aromatic carbocycles. The quantitative estimate of drug-likeness (QED) is 0.793. The second kappa shape index (κ2) is 5.86. The van der Waals surface area contributed by atoms with Gasteiger partial charge in [-0.05, 0) is 32.0 Å². The third-order valence-electron chi connectivity index (χ3n) is 2.70. The Balaban J connectivity index is 2.79. The number of carbonyl (C=O) groups is 2. The van der Waals surface area contributed by atoms with Crippen molar-refractivity contribution in [2.45, 2.75) is 19.9 Å². The van der Waals surface area contributed by atoms with Gasteiger partial charge in [0.05, 0.1) is 11.5 Å². The summed E-state index contributed by atoms with van der Waals surface area (Å²) in [6.45, 7) is 3.11. The van der Waals surface area contributed by atoms with Gasteiger partial charge in [0.25, 0.3) is 5.91 Å². The number of aliphatic carboxylic acids is 1. The van der Waals surface area contributed by atoms with E-state index in [1.165, 1.54) is 19.1 Å². The number of carbonyl (C=O) groups excluding carboxylic acids is 1. The largest absolute Gasteiger partial charge is 0.507 e. The van der Waals surface area contributed by atoms with Crippen LogP contribution in [-0.4, -0.2) is 28.1 Å². The minimum absolute atomic E-state index is 0.114. The Morgan fingerprint density at radius 3 is 2.44 bits per heavy atom. The molecular formula is C12H14BrNO4. The molecule has 98 valence electrons. The van der Waals surface area contributed by atoms with E-state index in [0.29, 0.717) is 4.47 Å². The summed E-state index contributed by atoms with van der Waals surface area (Å²) in [4.78, 5) is 22.6. The topological polar surface area (TPSA) is 86.6 Å². The summed E-state index contributed by atoms with van der Waals surface area (Å²) in [6, 6.07) is 3.96. The minimum atomic E-state index is -0.983. The summed E-state index contributed by atoms with van der Waals surface area (Å²) in [6.07, 6.45) is 0. The van der Waals surface area contributed by atoms with Crippen molar-refractivity contribution >= 4 is 27.8 Å². The summed E-state index contributed by atoms with van der Waals surface area (Å²) < 4.78 is 0.656. The van der Waals surface area contributed by atoms with Crippen LogP contribution < -0.4 is 5.32 Å². The van der Waals surface area contributed by atoms with E-state index in [9.17, 15) is 14.7 Å². The molecule has 18 heavy (non-hydrogen) atoms. The van der Waals surface area contributed by atoms with Gasteiger partial charge in [-0.2, -0.15) is 0 Å². The van der Waals surface area contributed by atoms with E-state index in [2.05, 4.69) is 21.2 Å². The third kappa shape index (κ3) is 3.46. The molecule has 0 aliphatic rings. The zero-order chi connectivity index (χ0) is 13.9. The standard InChI is InChI=1S/C12H14BrNO4/c1-6(12(17)18)7(2)14-11(16)9-4-3-8(13)5-10(9)15/h3-7,15H,1-2H3,(H,14,16)(H,17,18). The van der Waals surface area contributed by atoms with Crippen molar-refractivity contribution in [2.24, 2.45) is 5.92 Å². The van der Waals surface area contributed by atoms with Crippen LogP contribution >= 0.6 is 15.9 Å². The van der Waals surface area contributed by atoms with Crippen molar-refractivity contribution in [2.75, 3.05) is 0 Å². The Bertz CT molecular complexity index is 475. The molecule has 0 aliphatic carbocycles. The van der Waals surface area contributed by atoms with Crippen LogP contribution in [0.2, 0.25) is 0 Å². The highest BCUT2D eigenvalue weighted by Gasteiger charge is 2.22. The number of phenols is 1. The smallest absolute Gasteiger partial charge is 0.308 e. The fourth-order valence-corrected chi connectivity index (χ4v) is 1.67. The summed E-state index contributed by atoms with van der Waals surface area (Å²) in [5.41, 5.74) is 0.114. The molecule has 0 aromatic heterocycles. The SMILES string of the molecule is CC(NC(=O)c1ccc(Br)cc1O)C(C)C(=O)O. The number of hydrogen-bond acceptors (Lipinski definition) is 3. The first-order valence-corrected chi connectivity index (χ1v) is 6.14. The first kappa shape index (κ1) is 14.5. The minimum Gasteiger partial charge on any atom is -0.507 e. The van der Waals surface area contributed by atoms with Crippen LogP contribution in [0.15, 0.2) is 22.7 Å². The summed E-state index contributed by atoms with van der Waals surface area (Å²) >= 11 is 3.17. The number of carboxylic acid groups (broad SMARTS) is 1. The fraction of sp³-hybridized carbons (Fsp3) is 0.333. The molecule has 1 rings (SSSR count). The first-order valence-electron chi connectivity index (χ1n) is 5.35. The van der Waals surface area contributed by atoms with Gasteiger partial charge in [-0.3, -0.25) is 9.59 Å². The average Bonchev–Trinajstić information content (AvgIpc) is 2.27. The molecule has 5 nitrogen and oxygen atoms in total. The van der Waals surface area contributed by atoms with Crippen LogP contribution in [0, 0.1) is 5.92 Å². The van der Waals surface area contributed by atoms with Crippen molar-refractivity contribution in [3.05, 3.63) is 28.2 Å². The molecule has 3 N–H and O–H groups in total. The Hall–Kier alpha value is -1.56. The van der Waals surface area contributed by atoms with Gasteiger partial charge in [-0.1, -0.05) is 15.9 Å². The second-order valence-electron chi connectivity index (χ2n) is 4.05. The molecule has 0 fully saturated rings. The summed E-state index contributed by atoms with van der Waals surface area (Å²) in [5.74, 6) is -2.34. The normalized spacial score (nSPS) is 13.7. The van der Waals surface area contributed by atoms with Gasteiger partial charge in [-0.15, -0.1) is 0 Å². The lowest BCUT2D eigenvalue weighted by Gasteiger charge is -2.18. The van der Waals surface area contributed by atoms with Crippen LogP contribution in [-0.2, 0) is 4.79 Å². The van der Waals surface area contributed by atoms with E-state index >= 15 is 0 Å².